The van der Waals surface area contributed by atoms with Gasteiger partial charge >= 0.3 is 0 Å². The highest BCUT2D eigenvalue weighted by atomic mass is 32.2. The minimum Gasteiger partial charge on any atom is -0.362 e. The van der Waals surface area contributed by atoms with Crippen LogP contribution in [0, 0.1) is 0 Å². The van der Waals surface area contributed by atoms with Crippen LogP contribution in [0.25, 0.3) is 0 Å². The third-order valence-electron chi connectivity index (χ3n) is 3.72. The Morgan fingerprint density at radius 2 is 2.00 bits per heavy atom. The third-order valence-corrected chi connectivity index (χ3v) is 5.90. The van der Waals surface area contributed by atoms with E-state index in [1.54, 1.807) is 24.3 Å². The summed E-state index contributed by atoms with van der Waals surface area (Å²) < 4.78 is 28.6. The Balaban J connectivity index is 1.75. The Labute approximate surface area is 144 Å². The molecule has 2 heterocycles. The maximum atomic E-state index is 12.4. The fourth-order valence-corrected chi connectivity index (χ4v) is 4.12. The molecule has 1 N–H and O–H groups in total. The van der Waals surface area contributed by atoms with Crippen LogP contribution in [0.3, 0.4) is 0 Å². The van der Waals surface area contributed by atoms with Crippen LogP contribution < -0.4 is 5.32 Å². The fraction of sp³-hybridized carbons (Fsp3) is 0.250. The Morgan fingerprint density at radius 3 is 2.58 bits per heavy atom. The lowest BCUT2D eigenvalue weighted by Crippen LogP contribution is -2.20. The van der Waals surface area contributed by atoms with E-state index in [-0.39, 0.29) is 10.8 Å². The van der Waals surface area contributed by atoms with Gasteiger partial charge in [0.25, 0.3) is 15.9 Å². The maximum absolute atomic E-state index is 12.4. The Hall–Kier alpha value is -2.19. The van der Waals surface area contributed by atoms with E-state index in [1.807, 2.05) is 17.3 Å². The van der Waals surface area contributed by atoms with Crippen LogP contribution in [0.2, 0.25) is 0 Å². The number of benzene rings is 1. The molecule has 1 saturated heterocycles. The van der Waals surface area contributed by atoms with Crippen LogP contribution in [0.4, 0.5) is 5.69 Å². The van der Waals surface area contributed by atoms with Gasteiger partial charge in [-0.2, -0.15) is 8.42 Å². The second-order valence-electron chi connectivity index (χ2n) is 5.46. The lowest BCUT2D eigenvalue weighted by atomic mass is 10.3. The zero-order valence-electron chi connectivity index (χ0n) is 13.1. The summed E-state index contributed by atoms with van der Waals surface area (Å²) in [4.78, 5) is 14.5. The van der Waals surface area contributed by atoms with Crippen molar-refractivity contribution in [3.8, 4) is 0 Å². The molecule has 0 unspecified atom stereocenters. The van der Waals surface area contributed by atoms with E-state index in [4.69, 9.17) is 0 Å². The lowest BCUT2D eigenvalue weighted by molar-refractivity contribution is 0.103. The second kappa shape index (κ2) is 6.74. The first-order chi connectivity index (χ1) is 11.5. The number of hydrogen-bond acceptors (Lipinski definition) is 4. The van der Waals surface area contributed by atoms with Crippen molar-refractivity contribution in [2.24, 2.45) is 4.40 Å². The molecule has 1 fully saturated rings. The molecule has 0 spiro atoms. The van der Waals surface area contributed by atoms with E-state index in [9.17, 15) is 13.2 Å². The molecule has 8 heteroatoms. The number of amides is 1. The fourth-order valence-electron chi connectivity index (χ4n) is 2.41. The van der Waals surface area contributed by atoms with Gasteiger partial charge in [-0.25, -0.2) is 0 Å². The van der Waals surface area contributed by atoms with Gasteiger partial charge in [-0.3, -0.25) is 4.79 Å². The molecular weight excluding hydrogens is 346 g/mol. The predicted molar refractivity (Wildman–Crippen MR) is 95.2 cm³/mol. The molecule has 0 aliphatic carbocycles. The van der Waals surface area contributed by atoms with E-state index in [0.29, 0.717) is 22.8 Å². The van der Waals surface area contributed by atoms with Crippen molar-refractivity contribution in [1.82, 2.24) is 4.90 Å². The SMILES string of the molecule is CN1CCCC1=NS(=O)(=O)c1ccc(NC(=O)c2cccs2)cc1. The van der Waals surface area contributed by atoms with Crippen LogP contribution >= 0.6 is 11.3 Å². The summed E-state index contributed by atoms with van der Waals surface area (Å²) in [6, 6.07) is 9.58. The molecule has 1 aliphatic rings. The summed E-state index contributed by atoms with van der Waals surface area (Å²) in [5.41, 5.74) is 0.540. The van der Waals surface area contributed by atoms with Gasteiger partial charge < -0.3 is 10.2 Å². The molecule has 1 aromatic carbocycles. The number of hydrogen-bond donors (Lipinski definition) is 1. The molecule has 126 valence electrons. The van der Waals surface area contributed by atoms with Gasteiger partial charge in [0.15, 0.2) is 0 Å². The maximum Gasteiger partial charge on any atom is 0.283 e. The standard InChI is InChI=1S/C16H17N3O3S2/c1-19-10-2-5-15(19)18-24(21,22)13-8-6-12(7-9-13)17-16(20)14-4-3-11-23-14/h3-4,6-9,11H,2,5,10H2,1H3,(H,17,20). The van der Waals surface area contributed by atoms with E-state index >= 15 is 0 Å². The molecule has 24 heavy (non-hydrogen) atoms. The zero-order valence-corrected chi connectivity index (χ0v) is 14.7. The number of carbonyl (C=O) groups excluding carboxylic acids is 1. The van der Waals surface area contributed by atoms with E-state index in [1.165, 1.54) is 23.5 Å². The number of thiophene rings is 1. The summed E-state index contributed by atoms with van der Waals surface area (Å²) in [7, 11) is -1.89. The van der Waals surface area contributed by atoms with Crippen molar-refractivity contribution in [3.05, 3.63) is 46.7 Å². The van der Waals surface area contributed by atoms with Crippen LogP contribution in [-0.4, -0.2) is 38.7 Å². The monoisotopic (exact) mass is 363 g/mol. The van der Waals surface area contributed by atoms with Gasteiger partial charge in [-0.1, -0.05) is 6.07 Å². The zero-order chi connectivity index (χ0) is 17.2. The summed E-state index contributed by atoms with van der Waals surface area (Å²) in [5.74, 6) is 0.374. The van der Waals surface area contributed by atoms with Gasteiger partial charge in [0, 0.05) is 25.7 Å². The minimum absolute atomic E-state index is 0.115. The molecule has 0 bridgehead atoms. The molecule has 0 atom stereocenters. The van der Waals surface area contributed by atoms with Gasteiger partial charge in [0.2, 0.25) is 0 Å². The summed E-state index contributed by atoms with van der Waals surface area (Å²) in [6.45, 7) is 0.821. The number of carbonyl (C=O) groups is 1. The number of anilines is 1. The second-order valence-corrected chi connectivity index (χ2v) is 8.02. The van der Waals surface area contributed by atoms with Crippen LogP contribution in [0.1, 0.15) is 22.5 Å². The number of amidine groups is 1. The smallest absolute Gasteiger partial charge is 0.283 e. The van der Waals surface area contributed by atoms with Crippen molar-refractivity contribution in [2.45, 2.75) is 17.7 Å². The predicted octanol–water partition coefficient (Wildman–Crippen LogP) is 2.81. The summed E-state index contributed by atoms with van der Waals surface area (Å²) in [5, 5.41) is 4.56. The normalized spacial score (nSPS) is 16.5. The van der Waals surface area contributed by atoms with Crippen LogP contribution in [0.15, 0.2) is 51.1 Å². The number of nitrogens with zero attached hydrogens (tertiary/aromatic N) is 2. The molecule has 0 saturated carbocycles. The highest BCUT2D eigenvalue weighted by Crippen LogP contribution is 2.20. The summed E-state index contributed by atoms with van der Waals surface area (Å²) >= 11 is 1.35. The molecule has 6 nitrogen and oxygen atoms in total. The van der Waals surface area contributed by atoms with E-state index in [0.717, 1.165) is 13.0 Å². The molecule has 0 radical (unpaired) electrons. The molecule has 1 aromatic heterocycles. The molecule has 3 rings (SSSR count). The molecule has 1 aliphatic heterocycles. The molecule has 2 aromatic rings. The van der Waals surface area contributed by atoms with E-state index in [2.05, 4.69) is 9.71 Å². The van der Waals surface area contributed by atoms with Crippen molar-refractivity contribution < 1.29 is 13.2 Å². The number of sulfonamides is 1. The number of likely N-dealkylation sites (tertiary alicyclic amines) is 1. The van der Waals surface area contributed by atoms with Gasteiger partial charge in [-0.15, -0.1) is 15.7 Å². The number of rotatable bonds is 4. The Morgan fingerprint density at radius 1 is 1.25 bits per heavy atom. The average Bonchev–Trinajstić information content (AvgIpc) is 3.20. The summed E-state index contributed by atoms with van der Waals surface area (Å²) in [6.07, 6.45) is 1.59. The van der Waals surface area contributed by atoms with Crippen LogP contribution in [-0.2, 0) is 10.0 Å². The highest BCUT2D eigenvalue weighted by Gasteiger charge is 2.20. The quantitative estimate of drug-likeness (QED) is 0.906. The first-order valence-electron chi connectivity index (χ1n) is 7.45. The van der Waals surface area contributed by atoms with Gasteiger partial charge in [0.05, 0.1) is 9.77 Å². The van der Waals surface area contributed by atoms with Crippen molar-refractivity contribution >= 4 is 38.8 Å². The highest BCUT2D eigenvalue weighted by molar-refractivity contribution is 7.90. The average molecular weight is 363 g/mol. The first kappa shape index (κ1) is 16.7. The molecule has 1 amide bonds. The van der Waals surface area contributed by atoms with Crippen molar-refractivity contribution in [1.29, 1.82) is 0 Å². The van der Waals surface area contributed by atoms with Gasteiger partial charge in [0.1, 0.15) is 5.84 Å². The van der Waals surface area contributed by atoms with E-state index < -0.39 is 10.0 Å². The van der Waals surface area contributed by atoms with Gasteiger partial charge in [-0.05, 0) is 42.1 Å². The Bertz CT molecular complexity index is 856. The van der Waals surface area contributed by atoms with Crippen LogP contribution in [0.5, 0.6) is 0 Å². The Kier molecular flexibility index (Phi) is 4.68. The largest absolute Gasteiger partial charge is 0.362 e. The topological polar surface area (TPSA) is 78.8 Å². The third kappa shape index (κ3) is 3.65. The lowest BCUT2D eigenvalue weighted by Gasteiger charge is -2.11. The minimum atomic E-state index is -3.73. The number of nitrogens with one attached hydrogen (secondary N) is 1. The van der Waals surface area contributed by atoms with Crippen molar-refractivity contribution in [3.63, 3.8) is 0 Å². The van der Waals surface area contributed by atoms with Crippen molar-refractivity contribution in [2.75, 3.05) is 18.9 Å². The molecular formula is C16H17N3O3S2. The first-order valence-corrected chi connectivity index (χ1v) is 9.77.